The maximum absolute atomic E-state index is 13.6. The van der Waals surface area contributed by atoms with Gasteiger partial charge in [0.2, 0.25) is 0 Å². The minimum absolute atomic E-state index is 0.0654. The highest BCUT2D eigenvalue weighted by Crippen LogP contribution is 2.27. The average molecular weight is 224 g/mol. The molecule has 88 valence electrons. The van der Waals surface area contributed by atoms with Gasteiger partial charge in [0.15, 0.2) is 0 Å². The largest absolute Gasteiger partial charge is 0.376 e. The molecule has 0 aromatic carbocycles. The van der Waals surface area contributed by atoms with Gasteiger partial charge in [0.25, 0.3) is 0 Å². The molecule has 1 fully saturated rings. The van der Waals surface area contributed by atoms with Crippen molar-refractivity contribution in [3.8, 4) is 0 Å². The van der Waals surface area contributed by atoms with Gasteiger partial charge in [-0.1, -0.05) is 0 Å². The quantitative estimate of drug-likeness (QED) is 0.853. The van der Waals surface area contributed by atoms with Gasteiger partial charge in [-0.25, -0.2) is 4.39 Å². The minimum Gasteiger partial charge on any atom is -0.376 e. The zero-order valence-corrected chi connectivity index (χ0v) is 9.45. The first-order chi connectivity index (χ1) is 7.83. The van der Waals surface area contributed by atoms with E-state index in [2.05, 4.69) is 10.3 Å². The molecule has 1 aromatic heterocycles. The Hall–Kier alpha value is -1.00. The lowest BCUT2D eigenvalue weighted by molar-refractivity contribution is -0.00733. The van der Waals surface area contributed by atoms with Gasteiger partial charge >= 0.3 is 0 Å². The van der Waals surface area contributed by atoms with Crippen molar-refractivity contribution < 1.29 is 9.13 Å². The van der Waals surface area contributed by atoms with Crippen LogP contribution >= 0.6 is 0 Å². The van der Waals surface area contributed by atoms with Gasteiger partial charge in [0.1, 0.15) is 5.82 Å². The first-order valence-electron chi connectivity index (χ1n) is 5.71. The SMILES string of the molecule is CNC(c1ccncc1F)C1CCCCO1. The van der Waals surface area contributed by atoms with Crippen LogP contribution in [0.4, 0.5) is 4.39 Å². The van der Waals surface area contributed by atoms with E-state index in [0.717, 1.165) is 25.9 Å². The second kappa shape index (κ2) is 5.37. The number of nitrogens with one attached hydrogen (secondary N) is 1. The fourth-order valence-electron chi connectivity index (χ4n) is 2.21. The first-order valence-corrected chi connectivity index (χ1v) is 5.71. The van der Waals surface area contributed by atoms with Crippen LogP contribution in [0.1, 0.15) is 30.9 Å². The molecule has 2 unspecified atom stereocenters. The Morgan fingerprint density at radius 2 is 2.44 bits per heavy atom. The third-order valence-corrected chi connectivity index (χ3v) is 3.04. The zero-order valence-electron chi connectivity index (χ0n) is 9.45. The Bertz CT molecular complexity index is 340. The topological polar surface area (TPSA) is 34.2 Å². The molecule has 2 atom stereocenters. The molecule has 4 heteroatoms. The van der Waals surface area contributed by atoms with Crippen LogP contribution in [0.3, 0.4) is 0 Å². The van der Waals surface area contributed by atoms with Crippen molar-refractivity contribution in [2.24, 2.45) is 0 Å². The van der Waals surface area contributed by atoms with Crippen molar-refractivity contribution >= 4 is 0 Å². The smallest absolute Gasteiger partial charge is 0.146 e. The number of hydrogen-bond donors (Lipinski definition) is 1. The van der Waals surface area contributed by atoms with E-state index >= 15 is 0 Å². The molecule has 0 amide bonds. The second-order valence-corrected chi connectivity index (χ2v) is 4.07. The molecule has 1 aliphatic rings. The molecule has 1 N–H and O–H groups in total. The number of likely N-dealkylation sites (N-methyl/N-ethyl adjacent to an activating group) is 1. The number of hydrogen-bond acceptors (Lipinski definition) is 3. The molecule has 1 aliphatic heterocycles. The lowest BCUT2D eigenvalue weighted by atomic mass is 9.96. The van der Waals surface area contributed by atoms with Crippen molar-refractivity contribution in [3.63, 3.8) is 0 Å². The zero-order chi connectivity index (χ0) is 11.4. The van der Waals surface area contributed by atoms with Crippen LogP contribution in [0.25, 0.3) is 0 Å². The summed E-state index contributed by atoms with van der Waals surface area (Å²) in [7, 11) is 1.84. The van der Waals surface area contributed by atoms with Crippen molar-refractivity contribution in [2.45, 2.75) is 31.4 Å². The Labute approximate surface area is 95.0 Å². The molecule has 0 radical (unpaired) electrons. The summed E-state index contributed by atoms with van der Waals surface area (Å²) in [5.41, 5.74) is 0.643. The van der Waals surface area contributed by atoms with E-state index in [1.807, 2.05) is 7.05 Å². The lowest BCUT2D eigenvalue weighted by Gasteiger charge is -2.30. The van der Waals surface area contributed by atoms with Crippen LogP contribution in [0.15, 0.2) is 18.5 Å². The van der Waals surface area contributed by atoms with Gasteiger partial charge in [-0.05, 0) is 32.4 Å². The van der Waals surface area contributed by atoms with Crippen molar-refractivity contribution in [1.82, 2.24) is 10.3 Å². The Kier molecular flexibility index (Phi) is 3.85. The fourth-order valence-corrected chi connectivity index (χ4v) is 2.21. The maximum Gasteiger partial charge on any atom is 0.146 e. The van der Waals surface area contributed by atoms with E-state index in [0.29, 0.717) is 5.56 Å². The van der Waals surface area contributed by atoms with E-state index in [1.54, 1.807) is 12.3 Å². The van der Waals surface area contributed by atoms with Crippen LogP contribution in [0.5, 0.6) is 0 Å². The van der Waals surface area contributed by atoms with Gasteiger partial charge < -0.3 is 10.1 Å². The Balaban J connectivity index is 2.18. The van der Waals surface area contributed by atoms with Crippen molar-refractivity contribution in [1.29, 1.82) is 0 Å². The second-order valence-electron chi connectivity index (χ2n) is 4.07. The molecule has 16 heavy (non-hydrogen) atoms. The molecule has 1 saturated heterocycles. The summed E-state index contributed by atoms with van der Waals surface area (Å²) >= 11 is 0. The van der Waals surface area contributed by atoms with Crippen LogP contribution < -0.4 is 5.32 Å². The molecule has 0 aliphatic carbocycles. The lowest BCUT2D eigenvalue weighted by Crippen LogP contribution is -2.34. The summed E-state index contributed by atoms with van der Waals surface area (Å²) in [6.45, 7) is 0.773. The summed E-state index contributed by atoms with van der Waals surface area (Å²) in [6, 6.07) is 1.64. The maximum atomic E-state index is 13.6. The number of aromatic nitrogens is 1. The predicted molar refractivity (Wildman–Crippen MR) is 59.6 cm³/mol. The number of rotatable bonds is 3. The van der Waals surface area contributed by atoms with Crippen LogP contribution in [-0.4, -0.2) is 24.7 Å². The van der Waals surface area contributed by atoms with E-state index in [4.69, 9.17) is 4.74 Å². The number of pyridine rings is 1. The third-order valence-electron chi connectivity index (χ3n) is 3.04. The molecular weight excluding hydrogens is 207 g/mol. The number of nitrogens with zero attached hydrogens (tertiary/aromatic N) is 1. The third kappa shape index (κ3) is 2.39. The average Bonchev–Trinajstić information content (AvgIpc) is 2.34. The summed E-state index contributed by atoms with van der Waals surface area (Å²) in [4.78, 5) is 3.76. The minimum atomic E-state index is -0.268. The standard InChI is InChI=1S/C12H17FN2O/c1-14-12(11-4-2-3-7-16-11)9-5-6-15-8-10(9)13/h5-6,8,11-12,14H,2-4,7H2,1H3. The highest BCUT2D eigenvalue weighted by atomic mass is 19.1. The Morgan fingerprint density at radius 3 is 3.06 bits per heavy atom. The van der Waals surface area contributed by atoms with Gasteiger partial charge in [-0.2, -0.15) is 0 Å². The van der Waals surface area contributed by atoms with Gasteiger partial charge in [0.05, 0.1) is 18.3 Å². The molecule has 0 bridgehead atoms. The number of halogens is 1. The van der Waals surface area contributed by atoms with Crippen molar-refractivity contribution in [2.75, 3.05) is 13.7 Å². The highest BCUT2D eigenvalue weighted by Gasteiger charge is 2.26. The molecule has 0 spiro atoms. The van der Waals surface area contributed by atoms with Gasteiger partial charge in [0, 0.05) is 18.4 Å². The van der Waals surface area contributed by atoms with E-state index in [-0.39, 0.29) is 18.0 Å². The summed E-state index contributed by atoms with van der Waals surface area (Å²) < 4.78 is 19.3. The van der Waals surface area contributed by atoms with Gasteiger partial charge in [-0.3, -0.25) is 4.98 Å². The molecule has 2 heterocycles. The summed E-state index contributed by atoms with van der Waals surface area (Å²) in [5.74, 6) is -0.268. The van der Waals surface area contributed by atoms with Crippen LogP contribution in [0, 0.1) is 5.82 Å². The van der Waals surface area contributed by atoms with E-state index in [9.17, 15) is 4.39 Å². The molecule has 2 rings (SSSR count). The highest BCUT2D eigenvalue weighted by molar-refractivity contribution is 5.19. The normalized spacial score (nSPS) is 23.0. The Morgan fingerprint density at radius 1 is 1.56 bits per heavy atom. The monoisotopic (exact) mass is 224 g/mol. The molecule has 1 aromatic rings. The fraction of sp³-hybridized carbons (Fsp3) is 0.583. The van der Waals surface area contributed by atoms with Crippen molar-refractivity contribution in [3.05, 3.63) is 29.8 Å². The first kappa shape index (κ1) is 11.5. The summed E-state index contributed by atoms with van der Waals surface area (Å²) in [6.07, 6.45) is 6.17. The molecule has 0 saturated carbocycles. The van der Waals surface area contributed by atoms with Crippen LogP contribution in [0.2, 0.25) is 0 Å². The number of ether oxygens (including phenoxy) is 1. The van der Waals surface area contributed by atoms with E-state index < -0.39 is 0 Å². The van der Waals surface area contributed by atoms with Crippen LogP contribution in [-0.2, 0) is 4.74 Å². The van der Waals surface area contributed by atoms with E-state index in [1.165, 1.54) is 6.20 Å². The van der Waals surface area contributed by atoms with Gasteiger partial charge in [-0.15, -0.1) is 0 Å². The molecular formula is C12H17FN2O. The summed E-state index contributed by atoms with van der Waals surface area (Å²) in [5, 5.41) is 3.14. The molecule has 3 nitrogen and oxygen atoms in total. The predicted octanol–water partition coefficient (Wildman–Crippen LogP) is 2.05.